The Hall–Kier alpha value is -1.77. The second-order valence-corrected chi connectivity index (χ2v) is 8.10. The number of rotatable bonds is 2. The highest BCUT2D eigenvalue weighted by Gasteiger charge is 2.49. The molecule has 2 heterocycles. The Morgan fingerprint density at radius 2 is 1.64 bits per heavy atom. The Labute approximate surface area is 125 Å². The van der Waals surface area contributed by atoms with Gasteiger partial charge >= 0.3 is 0 Å². The van der Waals surface area contributed by atoms with Gasteiger partial charge in [-0.1, -0.05) is 0 Å². The standard InChI is InChI=1S/C13H14F2N2O4S/c14-10-5-9(17(18)19)6-11(15)12(10)16-3-1-13(2-4-16)7-22(20,21)8-13/h5-6H,1-4,7-8H2. The van der Waals surface area contributed by atoms with Crippen molar-refractivity contribution in [3.05, 3.63) is 33.9 Å². The first-order valence-electron chi connectivity index (χ1n) is 6.80. The van der Waals surface area contributed by atoms with E-state index < -0.39 is 32.1 Å². The zero-order valence-corrected chi connectivity index (χ0v) is 12.4. The zero-order chi connectivity index (χ0) is 16.1. The molecule has 0 amide bonds. The van der Waals surface area contributed by atoms with E-state index in [4.69, 9.17) is 0 Å². The van der Waals surface area contributed by atoms with Gasteiger partial charge in [-0.3, -0.25) is 10.1 Å². The first-order chi connectivity index (χ1) is 10.2. The number of nitro groups is 1. The molecule has 1 aromatic carbocycles. The molecule has 6 nitrogen and oxygen atoms in total. The van der Waals surface area contributed by atoms with Gasteiger partial charge in [-0.2, -0.15) is 0 Å². The highest BCUT2D eigenvalue weighted by molar-refractivity contribution is 7.92. The third kappa shape index (κ3) is 2.53. The van der Waals surface area contributed by atoms with Crippen LogP contribution in [0.3, 0.4) is 0 Å². The number of sulfone groups is 1. The van der Waals surface area contributed by atoms with Crippen LogP contribution in [-0.4, -0.2) is 37.9 Å². The fourth-order valence-electron chi connectivity index (χ4n) is 3.34. The summed E-state index contributed by atoms with van der Waals surface area (Å²) >= 11 is 0. The van der Waals surface area contributed by atoms with Gasteiger partial charge in [0, 0.05) is 18.5 Å². The Kier molecular flexibility index (Phi) is 3.35. The van der Waals surface area contributed by atoms with E-state index in [1.54, 1.807) is 0 Å². The third-order valence-corrected chi connectivity index (χ3v) is 6.51. The monoisotopic (exact) mass is 332 g/mol. The average Bonchev–Trinajstić information content (AvgIpc) is 2.37. The lowest BCUT2D eigenvalue weighted by Crippen LogP contribution is -2.54. The third-order valence-electron chi connectivity index (χ3n) is 4.41. The Morgan fingerprint density at radius 1 is 1.14 bits per heavy atom. The normalized spacial score (nSPS) is 22.4. The Balaban J connectivity index is 1.78. The number of nitrogens with zero attached hydrogens (tertiary/aromatic N) is 2. The predicted molar refractivity (Wildman–Crippen MR) is 75.5 cm³/mol. The van der Waals surface area contributed by atoms with Gasteiger partial charge in [0.05, 0.1) is 28.6 Å². The van der Waals surface area contributed by atoms with Gasteiger partial charge in [0.15, 0.2) is 21.5 Å². The van der Waals surface area contributed by atoms with Crippen molar-refractivity contribution in [2.45, 2.75) is 12.8 Å². The zero-order valence-electron chi connectivity index (χ0n) is 11.6. The molecule has 9 heteroatoms. The molecule has 0 saturated carbocycles. The van der Waals surface area contributed by atoms with E-state index >= 15 is 0 Å². The summed E-state index contributed by atoms with van der Waals surface area (Å²) in [6.07, 6.45) is 1.09. The van der Waals surface area contributed by atoms with Gasteiger partial charge in [0.2, 0.25) is 0 Å². The maximum atomic E-state index is 14.0. The summed E-state index contributed by atoms with van der Waals surface area (Å²) in [6, 6.07) is 1.41. The van der Waals surface area contributed by atoms with Crippen LogP contribution in [0.1, 0.15) is 12.8 Å². The Bertz CT molecular complexity index is 705. The molecule has 120 valence electrons. The summed E-state index contributed by atoms with van der Waals surface area (Å²) in [7, 11) is -2.94. The van der Waals surface area contributed by atoms with Crippen molar-refractivity contribution in [2.24, 2.45) is 5.41 Å². The second-order valence-electron chi connectivity index (χ2n) is 6.03. The molecule has 0 N–H and O–H groups in total. The summed E-state index contributed by atoms with van der Waals surface area (Å²) in [5.74, 6) is -1.66. The van der Waals surface area contributed by atoms with Crippen molar-refractivity contribution in [1.29, 1.82) is 0 Å². The van der Waals surface area contributed by atoms with Crippen LogP contribution >= 0.6 is 0 Å². The van der Waals surface area contributed by atoms with E-state index in [0.717, 1.165) is 0 Å². The number of non-ortho nitro benzene ring substituents is 1. The lowest BCUT2D eigenvalue weighted by Gasteiger charge is -2.47. The highest BCUT2D eigenvalue weighted by Crippen LogP contribution is 2.43. The second kappa shape index (κ2) is 4.87. The molecule has 1 aromatic rings. The van der Waals surface area contributed by atoms with Gasteiger partial charge < -0.3 is 4.90 Å². The lowest BCUT2D eigenvalue weighted by atomic mass is 9.81. The van der Waals surface area contributed by atoms with Crippen molar-refractivity contribution in [3.63, 3.8) is 0 Å². The minimum atomic E-state index is -2.94. The smallest absolute Gasteiger partial charge is 0.275 e. The number of hydrogen-bond acceptors (Lipinski definition) is 5. The fourth-order valence-corrected chi connectivity index (χ4v) is 5.70. The fraction of sp³-hybridized carbons (Fsp3) is 0.538. The van der Waals surface area contributed by atoms with Crippen molar-refractivity contribution in [1.82, 2.24) is 0 Å². The van der Waals surface area contributed by atoms with E-state index in [1.807, 2.05) is 0 Å². The maximum Gasteiger partial charge on any atom is 0.275 e. The van der Waals surface area contributed by atoms with E-state index in [-0.39, 0.29) is 22.6 Å². The van der Waals surface area contributed by atoms with Crippen LogP contribution in [0.4, 0.5) is 20.2 Å². The first kappa shape index (κ1) is 15.1. The summed E-state index contributed by atoms with van der Waals surface area (Å²) in [5.41, 5.74) is -1.16. The molecule has 2 fully saturated rings. The van der Waals surface area contributed by atoms with Crippen molar-refractivity contribution >= 4 is 21.2 Å². The summed E-state index contributed by atoms with van der Waals surface area (Å²) in [5, 5.41) is 10.6. The lowest BCUT2D eigenvalue weighted by molar-refractivity contribution is -0.385. The van der Waals surface area contributed by atoms with Crippen molar-refractivity contribution < 1.29 is 22.1 Å². The molecule has 2 saturated heterocycles. The van der Waals surface area contributed by atoms with Crippen LogP contribution in [0.5, 0.6) is 0 Å². The SMILES string of the molecule is O=[N+]([O-])c1cc(F)c(N2CCC3(CC2)CS(=O)(=O)C3)c(F)c1. The summed E-state index contributed by atoms with van der Waals surface area (Å²) in [6.45, 7) is 0.669. The predicted octanol–water partition coefficient (Wildman–Crippen LogP) is 1.89. The van der Waals surface area contributed by atoms with Crippen molar-refractivity contribution in [3.8, 4) is 0 Å². The van der Waals surface area contributed by atoms with Crippen LogP contribution in [0.15, 0.2) is 12.1 Å². The molecule has 0 radical (unpaired) electrons. The number of nitro benzene ring substituents is 1. The molecule has 0 aliphatic carbocycles. The number of hydrogen-bond donors (Lipinski definition) is 0. The minimum absolute atomic E-state index is 0.138. The average molecular weight is 332 g/mol. The Morgan fingerprint density at radius 3 is 2.05 bits per heavy atom. The number of benzene rings is 1. The molecule has 0 atom stereocenters. The van der Waals surface area contributed by atoms with Crippen molar-refractivity contribution in [2.75, 3.05) is 29.5 Å². The van der Waals surface area contributed by atoms with Gasteiger partial charge in [-0.15, -0.1) is 0 Å². The maximum absolute atomic E-state index is 14.0. The molecule has 0 unspecified atom stereocenters. The van der Waals surface area contributed by atoms with Gasteiger partial charge in [0.1, 0.15) is 5.69 Å². The topological polar surface area (TPSA) is 80.5 Å². The van der Waals surface area contributed by atoms with E-state index in [9.17, 15) is 27.3 Å². The largest absolute Gasteiger partial charge is 0.367 e. The van der Waals surface area contributed by atoms with Crippen LogP contribution in [0.2, 0.25) is 0 Å². The van der Waals surface area contributed by atoms with Crippen LogP contribution in [0.25, 0.3) is 0 Å². The molecule has 22 heavy (non-hydrogen) atoms. The molecule has 0 aromatic heterocycles. The number of anilines is 1. The van der Waals surface area contributed by atoms with E-state index in [1.165, 1.54) is 4.90 Å². The molecule has 1 spiro atoms. The first-order valence-corrected chi connectivity index (χ1v) is 8.62. The van der Waals surface area contributed by atoms with E-state index in [2.05, 4.69) is 0 Å². The minimum Gasteiger partial charge on any atom is -0.367 e. The van der Waals surface area contributed by atoms with Crippen LogP contribution < -0.4 is 4.90 Å². The summed E-state index contributed by atoms with van der Waals surface area (Å²) < 4.78 is 50.6. The van der Waals surface area contributed by atoms with Gasteiger partial charge in [-0.05, 0) is 12.8 Å². The van der Waals surface area contributed by atoms with Crippen LogP contribution in [-0.2, 0) is 9.84 Å². The number of piperidine rings is 1. The molecule has 0 bridgehead atoms. The van der Waals surface area contributed by atoms with E-state index in [0.29, 0.717) is 38.1 Å². The molecule has 3 rings (SSSR count). The molecule has 2 aliphatic rings. The van der Waals surface area contributed by atoms with Gasteiger partial charge in [0.25, 0.3) is 5.69 Å². The summed E-state index contributed by atoms with van der Waals surface area (Å²) in [4.78, 5) is 11.2. The molecule has 2 aliphatic heterocycles. The van der Waals surface area contributed by atoms with Crippen LogP contribution in [0, 0.1) is 27.2 Å². The quantitative estimate of drug-likeness (QED) is 0.610. The molecular weight excluding hydrogens is 318 g/mol. The van der Waals surface area contributed by atoms with Gasteiger partial charge in [-0.25, -0.2) is 17.2 Å². The molecular formula is C13H14F2N2O4S. The highest BCUT2D eigenvalue weighted by atomic mass is 32.2. The number of halogens is 2.